The van der Waals surface area contributed by atoms with E-state index in [1.54, 1.807) is 12.4 Å². The summed E-state index contributed by atoms with van der Waals surface area (Å²) in [7, 11) is -6.58. The maximum absolute atomic E-state index is 10.7. The van der Waals surface area contributed by atoms with Crippen molar-refractivity contribution in [3.8, 4) is 11.3 Å². The minimum Gasteiger partial charge on any atom is -0.256 e. The van der Waals surface area contributed by atoms with E-state index < -0.39 is 7.81 Å². The molecule has 8 rings (SSSR count). The molecule has 0 spiro atoms. The van der Waals surface area contributed by atoms with E-state index in [1.807, 2.05) is 62.9 Å². The van der Waals surface area contributed by atoms with Crippen molar-refractivity contribution < 1.29 is 45.0 Å². The van der Waals surface area contributed by atoms with Crippen molar-refractivity contribution in [2.45, 2.75) is 0 Å². The molecule has 0 amide bonds. The fraction of sp³-hybridized carbons (Fsp3) is 0.0526. The van der Waals surface area contributed by atoms with Gasteiger partial charge in [-0.1, -0.05) is 84.9 Å². The molecule has 0 radical (unpaired) electrons. The molecule has 0 unspecified atom stereocenters. The second kappa shape index (κ2) is 15.5. The summed E-state index contributed by atoms with van der Waals surface area (Å²) in [5.41, 5.74) is 6.42. The maximum Gasteiger partial charge on any atom is 2.00 e. The van der Waals surface area contributed by atoms with Crippen molar-refractivity contribution in [1.29, 1.82) is 0 Å². The Hall–Kier alpha value is -5.03. The molecule has 0 bridgehead atoms. The van der Waals surface area contributed by atoms with Gasteiger partial charge < -0.3 is 4.90 Å². The molecule has 4 aromatic heterocycles. The van der Waals surface area contributed by atoms with Gasteiger partial charge >= 0.3 is 52.8 Å². The predicted octanol–water partition coefficient (Wildman–Crippen LogP) is 12.4. The van der Waals surface area contributed by atoms with Crippen molar-refractivity contribution in [2.24, 2.45) is 0 Å². The summed E-state index contributed by atoms with van der Waals surface area (Å²) in [5.74, 6) is 0. The third-order valence-corrected chi connectivity index (χ3v) is 7.19. The van der Waals surface area contributed by atoms with Crippen LogP contribution in [0.4, 0.5) is 30.9 Å². The Kier molecular flexibility index (Phi) is 11.8. The zero-order chi connectivity index (χ0) is 35.8. The number of halogens is 6. The van der Waals surface area contributed by atoms with Crippen LogP contribution in [-0.2, 0) is 19.8 Å². The van der Waals surface area contributed by atoms with Gasteiger partial charge in [0.25, 0.3) is 0 Å². The number of anilines is 1. The molecule has 0 aliphatic heterocycles. The smallest absolute Gasteiger partial charge is 0.256 e. The molecular formula is C38H31F6N5OsP+. The van der Waals surface area contributed by atoms with Crippen molar-refractivity contribution in [1.82, 2.24) is 19.9 Å². The molecule has 0 saturated heterocycles. The molecule has 0 saturated carbocycles. The van der Waals surface area contributed by atoms with Gasteiger partial charge in [-0.2, -0.15) is 0 Å². The standard InChI is InChI=1S/C13H14N2.C13H9N.C12H8N2.F6P.Os/c1-15(2)12-8-6-11(7-9-12)13-5-3-4-10-14-13;1-2-6-12-10(4-1)7-8-11-5-3-9-14-13(11)12;1-3-9-5-6-10-4-2-8-14-12(10)11(9)13-7-1;1-7(2,3,4,5)6;/h3-10H,1-2H3;1-9H;1-8H;;/q;;;-1;+2. The number of rotatable bonds is 2. The van der Waals surface area contributed by atoms with Gasteiger partial charge in [0.1, 0.15) is 0 Å². The summed E-state index contributed by atoms with van der Waals surface area (Å²) in [4.78, 5) is 19.5. The SMILES string of the molecule is CN(C)c1ccc(-c2ccccn2)cc1.F[P-](F)(F)(F)(F)F.[Os+2].c1ccc2c(c1)ccc1cccnc12.c1cnc2c(c1)ccc1cccnc12. The molecule has 0 atom stereocenters. The number of hydrogen-bond donors (Lipinski definition) is 0. The number of hydrogen-bond acceptors (Lipinski definition) is 5. The van der Waals surface area contributed by atoms with Crippen LogP contribution in [-0.4, -0.2) is 34.0 Å². The Balaban J connectivity index is 0.000000156. The summed E-state index contributed by atoms with van der Waals surface area (Å²) in [5, 5.41) is 5.95. The van der Waals surface area contributed by atoms with Crippen LogP contribution in [0.3, 0.4) is 0 Å². The van der Waals surface area contributed by atoms with Crippen LogP contribution in [0.15, 0.2) is 152 Å². The first-order valence-corrected chi connectivity index (χ1v) is 17.2. The third-order valence-electron chi connectivity index (χ3n) is 7.19. The number of benzene rings is 4. The van der Waals surface area contributed by atoms with E-state index in [0.717, 1.165) is 38.6 Å². The maximum atomic E-state index is 9.87. The predicted molar refractivity (Wildman–Crippen MR) is 194 cm³/mol. The van der Waals surface area contributed by atoms with Gasteiger partial charge in [0.05, 0.1) is 22.2 Å². The van der Waals surface area contributed by atoms with Gasteiger partial charge in [0, 0.05) is 71.7 Å². The molecule has 0 aliphatic rings. The third kappa shape index (κ3) is 12.1. The van der Waals surface area contributed by atoms with Gasteiger partial charge in [0.15, 0.2) is 0 Å². The minimum atomic E-state index is -10.7. The number of fused-ring (bicyclic) bond motifs is 6. The van der Waals surface area contributed by atoms with Crippen molar-refractivity contribution in [3.05, 3.63) is 152 Å². The van der Waals surface area contributed by atoms with Crippen molar-refractivity contribution in [2.75, 3.05) is 19.0 Å². The molecular weight excluding hydrogens is 862 g/mol. The number of aromatic nitrogens is 4. The Morgan fingerprint density at radius 2 is 0.843 bits per heavy atom. The Morgan fingerprint density at radius 3 is 1.33 bits per heavy atom. The topological polar surface area (TPSA) is 54.8 Å². The van der Waals surface area contributed by atoms with Gasteiger partial charge in [-0.3, -0.25) is 19.9 Å². The first-order chi connectivity index (χ1) is 23.6. The average molecular weight is 893 g/mol. The Morgan fingerprint density at radius 1 is 0.431 bits per heavy atom. The van der Waals surface area contributed by atoms with E-state index >= 15 is 0 Å². The second-order valence-electron chi connectivity index (χ2n) is 11.2. The van der Waals surface area contributed by atoms with E-state index in [1.165, 1.54) is 21.8 Å². The van der Waals surface area contributed by atoms with Crippen LogP contribution >= 0.6 is 7.81 Å². The van der Waals surface area contributed by atoms with Crippen LogP contribution in [0.1, 0.15) is 0 Å². The summed E-state index contributed by atoms with van der Waals surface area (Å²) >= 11 is 0. The fourth-order valence-electron chi connectivity index (χ4n) is 4.96. The van der Waals surface area contributed by atoms with Crippen molar-refractivity contribution >= 4 is 57.0 Å². The number of nitrogens with zero attached hydrogens (tertiary/aromatic N) is 5. The van der Waals surface area contributed by atoms with Gasteiger partial charge in [-0.05, 0) is 47.9 Å². The molecule has 8 aromatic rings. The van der Waals surface area contributed by atoms with E-state index in [2.05, 4.69) is 116 Å². The monoisotopic (exact) mass is 894 g/mol. The van der Waals surface area contributed by atoms with Crippen LogP contribution in [0.25, 0.3) is 54.7 Å². The van der Waals surface area contributed by atoms with Gasteiger partial charge in [-0.25, -0.2) is 0 Å². The molecule has 262 valence electrons. The minimum absolute atomic E-state index is 0. The summed E-state index contributed by atoms with van der Waals surface area (Å²) in [6.07, 6.45) is 7.26. The first-order valence-electron chi connectivity index (χ1n) is 15.2. The van der Waals surface area contributed by atoms with E-state index in [-0.39, 0.29) is 19.8 Å². The molecule has 4 aromatic carbocycles. The zero-order valence-electron chi connectivity index (χ0n) is 27.2. The van der Waals surface area contributed by atoms with Crippen LogP contribution in [0, 0.1) is 0 Å². The molecule has 0 aliphatic carbocycles. The fourth-order valence-corrected chi connectivity index (χ4v) is 4.96. The molecule has 0 fully saturated rings. The van der Waals surface area contributed by atoms with Gasteiger partial charge in [0.2, 0.25) is 0 Å². The molecule has 4 heterocycles. The second-order valence-corrected chi connectivity index (χ2v) is 13.1. The largest absolute Gasteiger partial charge is 2.00 e. The molecule has 0 N–H and O–H groups in total. The van der Waals surface area contributed by atoms with Gasteiger partial charge in [-0.15, -0.1) is 0 Å². The number of pyridine rings is 4. The van der Waals surface area contributed by atoms with E-state index in [9.17, 15) is 25.2 Å². The molecule has 13 heteroatoms. The average Bonchev–Trinajstić information content (AvgIpc) is 3.11. The van der Waals surface area contributed by atoms with Crippen LogP contribution in [0.2, 0.25) is 0 Å². The summed E-state index contributed by atoms with van der Waals surface area (Å²) in [6, 6.07) is 43.1. The Labute approximate surface area is 303 Å². The van der Waals surface area contributed by atoms with Crippen LogP contribution < -0.4 is 4.90 Å². The van der Waals surface area contributed by atoms with Crippen LogP contribution in [0.5, 0.6) is 0 Å². The molecule has 5 nitrogen and oxygen atoms in total. The normalized spacial score (nSPS) is 12.1. The Bertz CT molecular complexity index is 2130. The van der Waals surface area contributed by atoms with Crippen molar-refractivity contribution in [3.63, 3.8) is 0 Å². The first kappa shape index (κ1) is 38.8. The van der Waals surface area contributed by atoms with E-state index in [4.69, 9.17) is 0 Å². The zero-order valence-corrected chi connectivity index (χ0v) is 30.7. The summed E-state index contributed by atoms with van der Waals surface area (Å²) in [6.45, 7) is 0. The summed E-state index contributed by atoms with van der Waals surface area (Å²) < 4.78 is 59.2. The van der Waals surface area contributed by atoms with E-state index in [0.29, 0.717) is 0 Å². The quantitative estimate of drug-likeness (QED) is 0.0983. The molecule has 51 heavy (non-hydrogen) atoms.